The van der Waals surface area contributed by atoms with Gasteiger partial charge >= 0.3 is 0 Å². The zero-order valence-corrected chi connectivity index (χ0v) is 11.2. The van der Waals surface area contributed by atoms with Crippen LogP contribution in [-0.2, 0) is 0 Å². The van der Waals surface area contributed by atoms with Gasteiger partial charge in [-0.1, -0.05) is 11.6 Å². The zero-order valence-electron chi connectivity index (χ0n) is 9.63. The van der Waals surface area contributed by atoms with Crippen molar-refractivity contribution < 1.29 is 4.79 Å². The lowest BCUT2D eigenvalue weighted by atomic mass is 9.95. The van der Waals surface area contributed by atoms with Crippen LogP contribution in [0.15, 0.2) is 6.07 Å². The number of carbonyl (C=O) groups is 1. The van der Waals surface area contributed by atoms with Gasteiger partial charge in [0.1, 0.15) is 0 Å². The van der Waals surface area contributed by atoms with Gasteiger partial charge in [0.25, 0.3) is 5.91 Å². The van der Waals surface area contributed by atoms with Crippen LogP contribution in [0.25, 0.3) is 0 Å². The van der Waals surface area contributed by atoms with Gasteiger partial charge in [-0.3, -0.25) is 4.79 Å². The maximum Gasteiger partial charge on any atom is 0.261 e. The zero-order chi connectivity index (χ0) is 12.0. The van der Waals surface area contributed by atoms with E-state index in [-0.39, 0.29) is 5.91 Å². The van der Waals surface area contributed by atoms with Crippen molar-refractivity contribution in [3.63, 3.8) is 0 Å². The van der Waals surface area contributed by atoms with Crippen LogP contribution in [0.1, 0.15) is 34.5 Å². The average molecular weight is 271 g/mol. The fourth-order valence-electron chi connectivity index (χ4n) is 2.79. The number of carbonyl (C=O) groups excluding carboxylic acids is 1. The predicted molar refractivity (Wildman–Crippen MR) is 69.9 cm³/mol. The molecule has 92 valence electrons. The Morgan fingerprint density at radius 2 is 2.41 bits per heavy atom. The molecule has 3 nitrogen and oxygen atoms in total. The molecule has 0 saturated carbocycles. The largest absolute Gasteiger partial charge is 0.347 e. The lowest BCUT2D eigenvalue weighted by Gasteiger charge is -2.20. The van der Waals surface area contributed by atoms with Crippen LogP contribution in [0.3, 0.4) is 0 Å². The van der Waals surface area contributed by atoms with Gasteiger partial charge in [-0.05, 0) is 37.8 Å². The summed E-state index contributed by atoms with van der Waals surface area (Å²) in [6.45, 7) is 1.93. The standard InChI is InChI=1S/C12H15ClN2OS/c1-6-4-10(17-11(6)13)12(16)15-9-5-7-2-3-8(9)14-7/h4,7-9,14H,2-3,5H2,1H3,(H,15,16)/t7-,8+,9-/m1/s1. The highest BCUT2D eigenvalue weighted by atomic mass is 35.5. The molecule has 2 bridgehead atoms. The van der Waals surface area contributed by atoms with Crippen LogP contribution in [0.5, 0.6) is 0 Å². The summed E-state index contributed by atoms with van der Waals surface area (Å²) in [6.07, 6.45) is 3.50. The lowest BCUT2D eigenvalue weighted by Crippen LogP contribution is -2.42. The summed E-state index contributed by atoms with van der Waals surface area (Å²) >= 11 is 7.34. The number of hydrogen-bond acceptors (Lipinski definition) is 3. The van der Waals surface area contributed by atoms with Gasteiger partial charge in [0.2, 0.25) is 0 Å². The van der Waals surface area contributed by atoms with Gasteiger partial charge in [-0.15, -0.1) is 11.3 Å². The number of nitrogens with one attached hydrogen (secondary N) is 2. The van der Waals surface area contributed by atoms with Gasteiger partial charge in [0.15, 0.2) is 0 Å². The van der Waals surface area contributed by atoms with E-state index in [2.05, 4.69) is 10.6 Å². The third-order valence-electron chi connectivity index (χ3n) is 3.70. The molecule has 1 aromatic rings. The summed E-state index contributed by atoms with van der Waals surface area (Å²) in [6, 6.07) is 3.24. The van der Waals surface area contributed by atoms with Gasteiger partial charge < -0.3 is 10.6 Å². The minimum atomic E-state index is 0.0179. The quantitative estimate of drug-likeness (QED) is 0.866. The Morgan fingerprint density at radius 3 is 2.94 bits per heavy atom. The second kappa shape index (κ2) is 4.26. The van der Waals surface area contributed by atoms with Gasteiger partial charge in [-0.25, -0.2) is 0 Å². The normalized spacial score (nSPS) is 30.8. The van der Waals surface area contributed by atoms with Crippen LogP contribution >= 0.6 is 22.9 Å². The highest BCUT2D eigenvalue weighted by Crippen LogP contribution is 2.30. The molecular weight excluding hydrogens is 256 g/mol. The summed E-state index contributed by atoms with van der Waals surface area (Å²) < 4.78 is 0.709. The molecule has 2 fully saturated rings. The summed E-state index contributed by atoms with van der Waals surface area (Å²) in [4.78, 5) is 12.8. The van der Waals surface area contributed by atoms with Crippen molar-refractivity contribution in [1.29, 1.82) is 0 Å². The fraction of sp³-hybridized carbons (Fsp3) is 0.583. The molecule has 0 spiro atoms. The molecule has 0 aromatic carbocycles. The minimum Gasteiger partial charge on any atom is -0.347 e. The SMILES string of the molecule is Cc1cc(C(=O)N[C@@H]2C[C@H]3CC[C@@H]2N3)sc1Cl. The van der Waals surface area contributed by atoms with Crippen molar-refractivity contribution in [3.05, 3.63) is 20.8 Å². The first-order chi connectivity index (χ1) is 8.13. The van der Waals surface area contributed by atoms with Crippen LogP contribution in [0.2, 0.25) is 4.34 Å². The van der Waals surface area contributed by atoms with E-state index in [9.17, 15) is 4.79 Å². The number of fused-ring (bicyclic) bond motifs is 2. The molecule has 17 heavy (non-hydrogen) atoms. The lowest BCUT2D eigenvalue weighted by molar-refractivity contribution is 0.0935. The average Bonchev–Trinajstić information content (AvgIpc) is 2.95. The molecule has 2 aliphatic rings. The number of thiophene rings is 1. The van der Waals surface area contributed by atoms with Crippen molar-refractivity contribution >= 4 is 28.8 Å². The molecular formula is C12H15ClN2OS. The first-order valence-corrected chi connectivity index (χ1v) is 7.16. The van der Waals surface area contributed by atoms with E-state index in [1.807, 2.05) is 13.0 Å². The van der Waals surface area contributed by atoms with Crippen LogP contribution < -0.4 is 10.6 Å². The Balaban J connectivity index is 1.67. The molecule has 2 N–H and O–H groups in total. The van der Waals surface area contributed by atoms with Crippen molar-refractivity contribution in [2.45, 2.75) is 44.3 Å². The smallest absolute Gasteiger partial charge is 0.261 e. The molecule has 1 aromatic heterocycles. The molecule has 0 aliphatic carbocycles. The van der Waals surface area contributed by atoms with Crippen molar-refractivity contribution in [1.82, 2.24) is 10.6 Å². The van der Waals surface area contributed by atoms with E-state index in [1.165, 1.54) is 24.2 Å². The van der Waals surface area contributed by atoms with E-state index >= 15 is 0 Å². The van der Waals surface area contributed by atoms with Crippen LogP contribution in [0.4, 0.5) is 0 Å². The van der Waals surface area contributed by atoms with Crippen molar-refractivity contribution in [3.8, 4) is 0 Å². The Kier molecular flexibility index (Phi) is 2.89. The number of halogens is 1. The van der Waals surface area contributed by atoms with E-state index < -0.39 is 0 Å². The molecule has 3 atom stereocenters. The van der Waals surface area contributed by atoms with E-state index in [0.717, 1.165) is 16.9 Å². The first-order valence-electron chi connectivity index (χ1n) is 5.96. The minimum absolute atomic E-state index is 0.0179. The Morgan fingerprint density at radius 1 is 1.59 bits per heavy atom. The fourth-order valence-corrected chi connectivity index (χ4v) is 3.90. The Labute approximate surface area is 110 Å². The number of hydrogen-bond donors (Lipinski definition) is 2. The molecule has 1 amide bonds. The highest BCUT2D eigenvalue weighted by Gasteiger charge is 2.39. The van der Waals surface area contributed by atoms with E-state index in [0.29, 0.717) is 22.5 Å². The third-order valence-corrected chi connectivity index (χ3v) is 5.25. The van der Waals surface area contributed by atoms with Gasteiger partial charge in [-0.2, -0.15) is 0 Å². The number of amides is 1. The van der Waals surface area contributed by atoms with E-state index in [1.54, 1.807) is 0 Å². The number of aryl methyl sites for hydroxylation is 1. The first kappa shape index (κ1) is 11.5. The summed E-state index contributed by atoms with van der Waals surface area (Å²) in [5.74, 6) is 0.0179. The predicted octanol–water partition coefficient (Wildman–Crippen LogP) is 2.33. The summed E-state index contributed by atoms with van der Waals surface area (Å²) in [7, 11) is 0. The molecule has 2 saturated heterocycles. The third kappa shape index (κ3) is 2.09. The topological polar surface area (TPSA) is 41.1 Å². The van der Waals surface area contributed by atoms with Crippen molar-refractivity contribution in [2.75, 3.05) is 0 Å². The van der Waals surface area contributed by atoms with Gasteiger partial charge in [0.05, 0.1) is 9.21 Å². The summed E-state index contributed by atoms with van der Waals surface area (Å²) in [5.41, 5.74) is 0.980. The molecule has 3 rings (SSSR count). The van der Waals surface area contributed by atoms with E-state index in [4.69, 9.17) is 11.6 Å². The molecule has 3 heterocycles. The maximum atomic E-state index is 12.1. The van der Waals surface area contributed by atoms with Gasteiger partial charge in [0, 0.05) is 18.1 Å². The second-order valence-corrected chi connectivity index (χ2v) is 6.58. The van der Waals surface area contributed by atoms with Crippen molar-refractivity contribution in [2.24, 2.45) is 0 Å². The molecule has 5 heteroatoms. The Bertz CT molecular complexity index is 440. The summed E-state index contributed by atoms with van der Waals surface area (Å²) in [5, 5.41) is 6.63. The Hall–Kier alpha value is -0.580. The second-order valence-electron chi connectivity index (χ2n) is 4.93. The molecule has 0 radical (unpaired) electrons. The highest BCUT2D eigenvalue weighted by molar-refractivity contribution is 7.18. The molecule has 0 unspecified atom stereocenters. The maximum absolute atomic E-state index is 12.1. The van der Waals surface area contributed by atoms with Crippen LogP contribution in [-0.4, -0.2) is 24.0 Å². The molecule has 2 aliphatic heterocycles. The van der Waals surface area contributed by atoms with Crippen LogP contribution in [0, 0.1) is 6.92 Å². The number of rotatable bonds is 2. The monoisotopic (exact) mass is 270 g/mol.